The maximum Gasteiger partial charge on any atom is 0.221 e. The number of amides is 1. The van der Waals surface area contributed by atoms with Gasteiger partial charge in [-0.15, -0.1) is 0 Å². The third-order valence-corrected chi connectivity index (χ3v) is 3.27. The zero-order valence-corrected chi connectivity index (χ0v) is 10.8. The van der Waals surface area contributed by atoms with Crippen LogP contribution in [0.25, 0.3) is 0 Å². The maximum atomic E-state index is 11.3. The lowest BCUT2D eigenvalue weighted by Gasteiger charge is -2.03. The first kappa shape index (κ1) is 12.3. The molecule has 0 unspecified atom stereocenters. The summed E-state index contributed by atoms with van der Waals surface area (Å²) in [5.74, 6) is 1.65. The van der Waals surface area contributed by atoms with Crippen LogP contribution in [0.5, 0.6) is 0 Å². The van der Waals surface area contributed by atoms with Gasteiger partial charge in [0, 0.05) is 37.0 Å². The van der Waals surface area contributed by atoms with E-state index in [9.17, 15) is 4.79 Å². The van der Waals surface area contributed by atoms with Gasteiger partial charge in [-0.1, -0.05) is 6.92 Å². The maximum absolute atomic E-state index is 11.3. The van der Waals surface area contributed by atoms with Crippen LogP contribution >= 0.6 is 11.5 Å². The summed E-state index contributed by atoms with van der Waals surface area (Å²) in [6.07, 6.45) is 3.89. The SMILES string of the molecule is CCCNC(=O)CCNc1nc(C2CC2)ns1. The van der Waals surface area contributed by atoms with Gasteiger partial charge in [-0.3, -0.25) is 4.79 Å². The number of nitrogens with zero attached hydrogens (tertiary/aromatic N) is 2. The van der Waals surface area contributed by atoms with Crippen LogP contribution in [-0.4, -0.2) is 28.4 Å². The van der Waals surface area contributed by atoms with E-state index in [-0.39, 0.29) is 5.91 Å². The minimum atomic E-state index is 0.0891. The first-order chi connectivity index (χ1) is 8.29. The van der Waals surface area contributed by atoms with Crippen LogP contribution in [0.1, 0.15) is 44.3 Å². The number of aromatic nitrogens is 2. The molecule has 0 bridgehead atoms. The number of rotatable bonds is 7. The fourth-order valence-corrected chi connectivity index (χ4v) is 2.12. The van der Waals surface area contributed by atoms with Crippen molar-refractivity contribution in [2.24, 2.45) is 0 Å². The highest BCUT2D eigenvalue weighted by Gasteiger charge is 2.27. The summed E-state index contributed by atoms with van der Waals surface area (Å²) in [5.41, 5.74) is 0. The van der Waals surface area contributed by atoms with E-state index in [1.54, 1.807) is 0 Å². The molecule has 0 spiro atoms. The monoisotopic (exact) mass is 254 g/mol. The van der Waals surface area contributed by atoms with Gasteiger partial charge in [-0.2, -0.15) is 4.37 Å². The second kappa shape index (κ2) is 5.95. The molecular formula is C11H18N4OS. The van der Waals surface area contributed by atoms with Gasteiger partial charge in [0.05, 0.1) is 0 Å². The first-order valence-corrected chi connectivity index (χ1v) is 6.91. The molecule has 1 amide bonds. The first-order valence-electron chi connectivity index (χ1n) is 6.13. The molecule has 5 nitrogen and oxygen atoms in total. The molecule has 1 aromatic heterocycles. The van der Waals surface area contributed by atoms with Crippen LogP contribution in [0, 0.1) is 0 Å². The van der Waals surface area contributed by atoms with E-state index in [4.69, 9.17) is 0 Å². The number of anilines is 1. The molecule has 0 aromatic carbocycles. The van der Waals surface area contributed by atoms with E-state index in [0.29, 0.717) is 18.9 Å². The molecule has 6 heteroatoms. The number of hydrogen-bond acceptors (Lipinski definition) is 5. The summed E-state index contributed by atoms with van der Waals surface area (Å²) in [4.78, 5) is 15.7. The summed E-state index contributed by atoms with van der Waals surface area (Å²) >= 11 is 1.38. The average Bonchev–Trinajstić information content (AvgIpc) is 3.07. The van der Waals surface area contributed by atoms with E-state index in [1.165, 1.54) is 24.4 Å². The lowest BCUT2D eigenvalue weighted by molar-refractivity contribution is -0.120. The van der Waals surface area contributed by atoms with E-state index in [0.717, 1.165) is 23.9 Å². The molecule has 1 fully saturated rings. The minimum Gasteiger partial charge on any atom is -0.360 e. The van der Waals surface area contributed by atoms with E-state index in [1.807, 2.05) is 6.92 Å². The Bertz CT molecular complexity index is 375. The Balaban J connectivity index is 1.65. The molecule has 0 aliphatic heterocycles. The number of hydrogen-bond donors (Lipinski definition) is 2. The molecule has 1 saturated carbocycles. The Morgan fingerprint density at radius 3 is 3.00 bits per heavy atom. The van der Waals surface area contributed by atoms with Crippen molar-refractivity contribution in [2.75, 3.05) is 18.4 Å². The molecule has 17 heavy (non-hydrogen) atoms. The molecule has 1 aromatic rings. The van der Waals surface area contributed by atoms with Gasteiger partial charge < -0.3 is 10.6 Å². The van der Waals surface area contributed by atoms with Gasteiger partial charge in [-0.25, -0.2) is 4.98 Å². The van der Waals surface area contributed by atoms with E-state index < -0.39 is 0 Å². The molecule has 1 aliphatic carbocycles. The van der Waals surface area contributed by atoms with Crippen LogP contribution in [0.15, 0.2) is 0 Å². The summed E-state index contributed by atoms with van der Waals surface area (Å²) in [7, 11) is 0. The fourth-order valence-electron chi connectivity index (χ4n) is 1.45. The molecule has 0 saturated heterocycles. The Labute approximate surface area is 105 Å². The van der Waals surface area contributed by atoms with Crippen molar-refractivity contribution in [2.45, 2.75) is 38.5 Å². The van der Waals surface area contributed by atoms with Crippen molar-refractivity contribution in [1.29, 1.82) is 0 Å². The highest BCUT2D eigenvalue weighted by atomic mass is 32.1. The normalized spacial score (nSPS) is 14.6. The second-order valence-corrected chi connectivity index (χ2v) is 5.01. The van der Waals surface area contributed by atoms with Crippen molar-refractivity contribution in [3.8, 4) is 0 Å². The van der Waals surface area contributed by atoms with E-state index in [2.05, 4.69) is 20.0 Å². The lowest BCUT2D eigenvalue weighted by atomic mass is 10.4. The van der Waals surface area contributed by atoms with Gasteiger partial charge in [0.1, 0.15) is 5.82 Å². The van der Waals surface area contributed by atoms with Crippen LogP contribution in [-0.2, 0) is 4.79 Å². The second-order valence-electron chi connectivity index (χ2n) is 4.26. The topological polar surface area (TPSA) is 66.9 Å². The number of carbonyl (C=O) groups is 1. The predicted octanol–water partition coefficient (Wildman–Crippen LogP) is 1.74. The van der Waals surface area contributed by atoms with Gasteiger partial charge >= 0.3 is 0 Å². The van der Waals surface area contributed by atoms with Crippen LogP contribution in [0.2, 0.25) is 0 Å². The molecular weight excluding hydrogens is 236 g/mol. The van der Waals surface area contributed by atoms with Crippen LogP contribution < -0.4 is 10.6 Å². The largest absolute Gasteiger partial charge is 0.360 e. The Hall–Kier alpha value is -1.17. The summed E-state index contributed by atoms with van der Waals surface area (Å²) in [6.45, 7) is 3.41. The molecule has 2 rings (SSSR count). The number of nitrogens with one attached hydrogen (secondary N) is 2. The van der Waals surface area contributed by atoms with Crippen molar-refractivity contribution in [3.05, 3.63) is 5.82 Å². The standard InChI is InChI=1S/C11H18N4OS/c1-2-6-12-9(16)5-7-13-11-14-10(15-17-11)8-3-4-8/h8H,2-7H2,1H3,(H,12,16)(H,13,14,15). The molecule has 0 atom stereocenters. The minimum absolute atomic E-state index is 0.0891. The zero-order valence-electron chi connectivity index (χ0n) is 10.0. The highest BCUT2D eigenvalue weighted by molar-refractivity contribution is 7.09. The average molecular weight is 254 g/mol. The molecule has 94 valence electrons. The smallest absolute Gasteiger partial charge is 0.221 e. The third-order valence-electron chi connectivity index (χ3n) is 2.58. The Morgan fingerprint density at radius 2 is 2.29 bits per heavy atom. The Kier molecular flexibility index (Phi) is 4.30. The lowest BCUT2D eigenvalue weighted by Crippen LogP contribution is -2.25. The highest BCUT2D eigenvalue weighted by Crippen LogP contribution is 2.39. The Morgan fingerprint density at radius 1 is 1.47 bits per heavy atom. The van der Waals surface area contributed by atoms with E-state index >= 15 is 0 Å². The van der Waals surface area contributed by atoms with Gasteiger partial charge in [0.2, 0.25) is 11.0 Å². The quantitative estimate of drug-likeness (QED) is 0.778. The van der Waals surface area contributed by atoms with Gasteiger partial charge in [0.25, 0.3) is 0 Å². The third kappa shape index (κ3) is 3.96. The summed E-state index contributed by atoms with van der Waals surface area (Å²) in [5, 5.41) is 6.81. The van der Waals surface area contributed by atoms with Gasteiger partial charge in [-0.05, 0) is 19.3 Å². The van der Waals surface area contributed by atoms with Gasteiger partial charge in [0.15, 0.2) is 0 Å². The van der Waals surface area contributed by atoms with Crippen molar-refractivity contribution < 1.29 is 4.79 Å². The molecule has 0 radical (unpaired) electrons. The summed E-state index contributed by atoms with van der Waals surface area (Å²) < 4.78 is 4.29. The number of carbonyl (C=O) groups excluding carboxylic acids is 1. The molecule has 1 aliphatic rings. The molecule has 1 heterocycles. The predicted molar refractivity (Wildman–Crippen MR) is 68.3 cm³/mol. The van der Waals surface area contributed by atoms with Crippen molar-refractivity contribution >= 4 is 22.6 Å². The summed E-state index contributed by atoms with van der Waals surface area (Å²) in [6, 6.07) is 0. The fraction of sp³-hybridized carbons (Fsp3) is 0.727. The van der Waals surface area contributed by atoms with Crippen molar-refractivity contribution in [3.63, 3.8) is 0 Å². The van der Waals surface area contributed by atoms with Crippen LogP contribution in [0.3, 0.4) is 0 Å². The molecule has 2 N–H and O–H groups in total. The van der Waals surface area contributed by atoms with Crippen LogP contribution in [0.4, 0.5) is 5.13 Å². The van der Waals surface area contributed by atoms with Crippen molar-refractivity contribution in [1.82, 2.24) is 14.7 Å². The zero-order chi connectivity index (χ0) is 12.1.